The Morgan fingerprint density at radius 3 is 2.62 bits per heavy atom. The van der Waals surface area contributed by atoms with Gasteiger partial charge in [-0.3, -0.25) is 9.36 Å². The molecule has 0 aliphatic carbocycles. The number of esters is 1. The first-order valence-corrected chi connectivity index (χ1v) is 13.2. The molecule has 0 saturated carbocycles. The third kappa shape index (κ3) is 4.80. The van der Waals surface area contributed by atoms with E-state index in [0.29, 0.717) is 47.2 Å². The molecular weight excluding hydrogens is 555 g/mol. The number of halogens is 3. The summed E-state index contributed by atoms with van der Waals surface area (Å²) < 4.78 is 13.2. The Kier molecular flexibility index (Phi) is 7.14. The van der Waals surface area contributed by atoms with Crippen LogP contribution in [0.4, 0.5) is 0 Å². The van der Waals surface area contributed by atoms with E-state index in [1.54, 1.807) is 68.5 Å². The second kappa shape index (κ2) is 10.3. The molecule has 2 aromatic heterocycles. The van der Waals surface area contributed by atoms with E-state index in [4.69, 9.17) is 44.0 Å². The van der Waals surface area contributed by atoms with E-state index in [1.807, 2.05) is 6.07 Å². The number of fused-ring (bicyclic) bond motifs is 1. The number of ether oxygens (including phenoxy) is 1. The minimum Gasteiger partial charge on any atom is -0.463 e. The van der Waals surface area contributed by atoms with Crippen molar-refractivity contribution in [3.63, 3.8) is 0 Å². The van der Waals surface area contributed by atoms with Crippen LogP contribution in [0.5, 0.6) is 0 Å². The van der Waals surface area contributed by atoms with E-state index >= 15 is 0 Å². The molecule has 0 amide bonds. The van der Waals surface area contributed by atoms with Crippen LogP contribution in [-0.4, -0.2) is 17.1 Å². The van der Waals surface area contributed by atoms with Gasteiger partial charge in [0.05, 0.1) is 32.5 Å². The van der Waals surface area contributed by atoms with Gasteiger partial charge < -0.3 is 9.15 Å². The minimum absolute atomic E-state index is 0.189. The van der Waals surface area contributed by atoms with E-state index < -0.39 is 12.0 Å². The van der Waals surface area contributed by atoms with Gasteiger partial charge in [0.1, 0.15) is 17.6 Å². The number of allylic oxidation sites excluding steroid dienone is 1. The maximum absolute atomic E-state index is 13.7. The van der Waals surface area contributed by atoms with E-state index in [1.165, 1.54) is 15.9 Å². The van der Waals surface area contributed by atoms with Gasteiger partial charge in [0.25, 0.3) is 5.56 Å². The van der Waals surface area contributed by atoms with Crippen LogP contribution in [0.3, 0.4) is 0 Å². The molecule has 1 aliphatic heterocycles. The Labute approximate surface area is 230 Å². The number of rotatable bonds is 5. The predicted octanol–water partition coefficient (Wildman–Crippen LogP) is 6.02. The Balaban J connectivity index is 1.64. The summed E-state index contributed by atoms with van der Waals surface area (Å²) >= 11 is 19.9. The zero-order chi connectivity index (χ0) is 26.3. The SMILES string of the molecule is CCOC(=O)C1=C(C)N=c2sc(=Cc3ccc(-c4ccc(Cl)c(Cl)c4)o3)c(=O)n2[C@@H]1c1ccccc1Cl. The fourth-order valence-electron chi connectivity index (χ4n) is 4.15. The van der Waals surface area contributed by atoms with Gasteiger partial charge in [0.15, 0.2) is 4.80 Å². The van der Waals surface area contributed by atoms with Crippen LogP contribution in [0.15, 0.2) is 80.1 Å². The van der Waals surface area contributed by atoms with Gasteiger partial charge in [-0.1, -0.05) is 64.3 Å². The number of hydrogen-bond donors (Lipinski definition) is 0. The lowest BCUT2D eigenvalue weighted by Gasteiger charge is -2.25. The highest BCUT2D eigenvalue weighted by molar-refractivity contribution is 7.07. The van der Waals surface area contributed by atoms with Crippen molar-refractivity contribution in [2.45, 2.75) is 19.9 Å². The highest BCUT2D eigenvalue weighted by Crippen LogP contribution is 2.34. The summed E-state index contributed by atoms with van der Waals surface area (Å²) in [4.78, 5) is 31.7. The maximum Gasteiger partial charge on any atom is 0.338 e. The van der Waals surface area contributed by atoms with Crippen LogP contribution in [0, 0.1) is 0 Å². The number of furan rings is 1. The molecule has 0 unspecified atom stereocenters. The summed E-state index contributed by atoms with van der Waals surface area (Å²) in [6, 6.07) is 15.1. The van der Waals surface area contributed by atoms with Crippen molar-refractivity contribution >= 4 is 58.2 Å². The molecule has 0 bridgehead atoms. The smallest absolute Gasteiger partial charge is 0.338 e. The fraction of sp³-hybridized carbons (Fsp3) is 0.148. The largest absolute Gasteiger partial charge is 0.463 e. The number of hydrogen-bond acceptors (Lipinski definition) is 6. The van der Waals surface area contributed by atoms with Crippen LogP contribution in [0.2, 0.25) is 15.1 Å². The van der Waals surface area contributed by atoms with Crippen molar-refractivity contribution in [3.8, 4) is 11.3 Å². The van der Waals surface area contributed by atoms with Crippen molar-refractivity contribution < 1.29 is 13.9 Å². The first-order chi connectivity index (χ1) is 17.8. The maximum atomic E-state index is 13.7. The summed E-state index contributed by atoms with van der Waals surface area (Å²) in [5.74, 6) is 0.509. The first kappa shape index (κ1) is 25.5. The lowest BCUT2D eigenvalue weighted by atomic mass is 9.96. The highest BCUT2D eigenvalue weighted by Gasteiger charge is 2.34. The molecule has 6 nitrogen and oxygen atoms in total. The standard InChI is InChI=1S/C27H19Cl3N2O4S/c1-3-35-26(34)23-14(2)31-27-32(24(23)17-6-4-5-7-18(17)28)25(33)22(37-27)13-16-9-11-21(36-16)15-8-10-19(29)20(30)12-15/h4-13,24H,3H2,1-2H3/t24-/m1/s1. The van der Waals surface area contributed by atoms with E-state index in [2.05, 4.69) is 4.99 Å². The molecule has 37 heavy (non-hydrogen) atoms. The van der Waals surface area contributed by atoms with Gasteiger partial charge in [-0.25, -0.2) is 9.79 Å². The fourth-order valence-corrected chi connectivity index (χ4v) is 5.71. The van der Waals surface area contributed by atoms with Gasteiger partial charge in [0, 0.05) is 16.7 Å². The van der Waals surface area contributed by atoms with Gasteiger partial charge in [-0.05, 0) is 55.8 Å². The van der Waals surface area contributed by atoms with Crippen LogP contribution in [0.1, 0.15) is 31.2 Å². The van der Waals surface area contributed by atoms with Crippen molar-refractivity contribution in [2.75, 3.05) is 6.61 Å². The molecule has 4 aromatic rings. The summed E-state index contributed by atoms with van der Waals surface area (Å²) in [5, 5.41) is 1.29. The van der Waals surface area contributed by atoms with E-state index in [0.717, 1.165) is 5.56 Å². The Hall–Kier alpha value is -3.10. The number of aromatic nitrogens is 1. The molecule has 0 spiro atoms. The Morgan fingerprint density at radius 1 is 1.11 bits per heavy atom. The molecule has 0 saturated heterocycles. The summed E-state index contributed by atoms with van der Waals surface area (Å²) in [6.45, 7) is 3.64. The van der Waals surface area contributed by atoms with Gasteiger partial charge in [-0.15, -0.1) is 0 Å². The topological polar surface area (TPSA) is 73.8 Å². The molecule has 1 aliphatic rings. The van der Waals surface area contributed by atoms with Crippen LogP contribution in [0.25, 0.3) is 17.4 Å². The van der Waals surface area contributed by atoms with E-state index in [9.17, 15) is 9.59 Å². The number of carbonyl (C=O) groups excluding carboxylic acids is 1. The Morgan fingerprint density at radius 2 is 1.89 bits per heavy atom. The summed E-state index contributed by atoms with van der Waals surface area (Å²) in [6.07, 6.45) is 1.65. The minimum atomic E-state index is -0.783. The normalized spacial score (nSPS) is 15.5. The quantitative estimate of drug-likeness (QED) is 0.274. The number of nitrogens with zero attached hydrogens (tertiary/aromatic N) is 2. The van der Waals surface area contributed by atoms with Crippen molar-refractivity contribution in [1.29, 1.82) is 0 Å². The van der Waals surface area contributed by atoms with Crippen LogP contribution >= 0.6 is 46.1 Å². The van der Waals surface area contributed by atoms with Crippen molar-refractivity contribution in [3.05, 3.63) is 112 Å². The van der Waals surface area contributed by atoms with Crippen LogP contribution < -0.4 is 14.9 Å². The molecular formula is C27H19Cl3N2O4S. The second-order valence-electron chi connectivity index (χ2n) is 8.15. The third-order valence-corrected chi connectivity index (χ3v) is 7.89. The average molecular weight is 574 g/mol. The molecule has 0 fully saturated rings. The lowest BCUT2D eigenvalue weighted by molar-refractivity contribution is -0.139. The monoisotopic (exact) mass is 572 g/mol. The van der Waals surface area contributed by atoms with Gasteiger partial charge in [-0.2, -0.15) is 0 Å². The summed E-state index contributed by atoms with van der Waals surface area (Å²) in [7, 11) is 0. The average Bonchev–Trinajstić information content (AvgIpc) is 3.45. The van der Waals surface area contributed by atoms with Gasteiger partial charge in [0.2, 0.25) is 0 Å². The molecule has 5 rings (SSSR count). The number of carbonyl (C=O) groups is 1. The third-order valence-electron chi connectivity index (χ3n) is 5.82. The molecule has 10 heteroatoms. The zero-order valence-corrected chi connectivity index (χ0v) is 22.7. The molecule has 0 radical (unpaired) electrons. The Bertz CT molecular complexity index is 1750. The predicted molar refractivity (Wildman–Crippen MR) is 146 cm³/mol. The molecule has 0 N–H and O–H groups in total. The highest BCUT2D eigenvalue weighted by atomic mass is 35.5. The molecule has 2 aromatic carbocycles. The first-order valence-electron chi connectivity index (χ1n) is 11.3. The second-order valence-corrected chi connectivity index (χ2v) is 10.4. The molecule has 3 heterocycles. The van der Waals surface area contributed by atoms with E-state index in [-0.39, 0.29) is 17.7 Å². The van der Waals surface area contributed by atoms with Crippen LogP contribution in [-0.2, 0) is 9.53 Å². The lowest BCUT2D eigenvalue weighted by Crippen LogP contribution is -2.40. The summed E-state index contributed by atoms with van der Waals surface area (Å²) in [5.41, 5.74) is 1.78. The molecule has 1 atom stereocenters. The zero-order valence-electron chi connectivity index (χ0n) is 19.6. The number of benzene rings is 2. The number of thiazole rings is 1. The van der Waals surface area contributed by atoms with Crippen molar-refractivity contribution in [1.82, 2.24) is 4.57 Å². The van der Waals surface area contributed by atoms with Gasteiger partial charge >= 0.3 is 5.97 Å². The molecule has 188 valence electrons. The van der Waals surface area contributed by atoms with Crippen molar-refractivity contribution in [2.24, 2.45) is 4.99 Å².